The van der Waals surface area contributed by atoms with Gasteiger partial charge in [0.05, 0.1) is 17.8 Å². The Labute approximate surface area is 186 Å². The number of nitrogens with one attached hydrogen (secondary N) is 1. The highest BCUT2D eigenvalue weighted by atomic mass is 35.5. The average molecular weight is 440 g/mol. The van der Waals surface area contributed by atoms with E-state index in [-0.39, 0.29) is 12.5 Å². The molecule has 7 nitrogen and oxygen atoms in total. The van der Waals surface area contributed by atoms with Crippen LogP contribution in [0.5, 0.6) is 5.75 Å². The summed E-state index contributed by atoms with van der Waals surface area (Å²) < 4.78 is 7.59. The second kappa shape index (κ2) is 9.92. The van der Waals surface area contributed by atoms with Crippen LogP contribution >= 0.6 is 11.6 Å². The van der Waals surface area contributed by atoms with Crippen LogP contribution < -0.4 is 10.2 Å². The summed E-state index contributed by atoms with van der Waals surface area (Å²) in [6, 6.07) is 13.3. The third-order valence-corrected chi connectivity index (χ3v) is 5.78. The number of halogens is 1. The predicted molar refractivity (Wildman–Crippen MR) is 122 cm³/mol. The number of amides is 1. The Bertz CT molecular complexity index is 1090. The fraction of sp³-hybridized carbons (Fsp3) is 0.391. The van der Waals surface area contributed by atoms with Crippen molar-refractivity contribution in [1.29, 1.82) is 0 Å². The lowest BCUT2D eigenvalue weighted by atomic mass is 9.84. The Morgan fingerprint density at radius 1 is 1.23 bits per heavy atom. The van der Waals surface area contributed by atoms with Crippen LogP contribution in [-0.2, 0) is 11.3 Å². The molecule has 1 amide bonds. The average Bonchev–Trinajstić information content (AvgIpc) is 3.20. The van der Waals surface area contributed by atoms with Gasteiger partial charge >= 0.3 is 0 Å². The second-order valence-corrected chi connectivity index (χ2v) is 8.36. The van der Waals surface area contributed by atoms with Gasteiger partial charge in [0.15, 0.2) is 6.61 Å². The summed E-state index contributed by atoms with van der Waals surface area (Å²) in [5, 5.41) is 13.1. The molecular weight excluding hydrogens is 414 g/mol. The molecule has 0 saturated heterocycles. The fourth-order valence-corrected chi connectivity index (χ4v) is 4.18. The number of aromatic nitrogens is 3. The van der Waals surface area contributed by atoms with Crippen molar-refractivity contribution in [3.8, 4) is 5.75 Å². The highest BCUT2D eigenvalue weighted by Crippen LogP contribution is 2.38. The second-order valence-electron chi connectivity index (χ2n) is 7.92. The lowest BCUT2D eigenvalue weighted by Crippen LogP contribution is -2.26. The van der Waals surface area contributed by atoms with Gasteiger partial charge in [-0.25, -0.2) is 10.1 Å². The monoisotopic (exact) mass is 439 g/mol. The van der Waals surface area contributed by atoms with Gasteiger partial charge < -0.3 is 4.74 Å². The van der Waals surface area contributed by atoms with Crippen LogP contribution in [0.3, 0.4) is 0 Å². The molecule has 4 rings (SSSR count). The lowest BCUT2D eigenvalue weighted by Gasteiger charge is -2.24. The summed E-state index contributed by atoms with van der Waals surface area (Å²) in [4.78, 5) is 12.3. The minimum atomic E-state index is -0.313. The molecule has 8 heteroatoms. The minimum Gasteiger partial charge on any atom is -0.483 e. The molecule has 1 saturated carbocycles. The Kier molecular flexibility index (Phi) is 6.82. The van der Waals surface area contributed by atoms with Gasteiger partial charge in [0.1, 0.15) is 11.3 Å². The molecule has 1 fully saturated rings. The van der Waals surface area contributed by atoms with Crippen molar-refractivity contribution in [2.45, 2.75) is 51.5 Å². The molecule has 1 N–H and O–H groups in total. The third-order valence-electron chi connectivity index (χ3n) is 5.55. The van der Waals surface area contributed by atoms with Crippen LogP contribution in [-0.4, -0.2) is 33.2 Å². The molecule has 0 unspecified atom stereocenters. The number of benzene rings is 2. The van der Waals surface area contributed by atoms with Crippen LogP contribution in [0.25, 0.3) is 11.0 Å². The SMILES string of the molecule is CC(Cn1nnc2ccccc21)=NNC(=O)COc1ccc(Cl)cc1C1CCCCC1. The summed E-state index contributed by atoms with van der Waals surface area (Å²) >= 11 is 6.21. The Morgan fingerprint density at radius 3 is 2.87 bits per heavy atom. The van der Waals surface area contributed by atoms with Gasteiger partial charge in [-0.1, -0.05) is 48.2 Å². The van der Waals surface area contributed by atoms with Crippen molar-refractivity contribution in [3.63, 3.8) is 0 Å². The summed E-state index contributed by atoms with van der Waals surface area (Å²) in [7, 11) is 0. The van der Waals surface area contributed by atoms with Gasteiger partial charge in [0.25, 0.3) is 5.91 Å². The standard InChI is InChI=1S/C23H26ClN5O2/c1-16(14-29-21-10-6-5-9-20(21)26-28-29)25-27-23(30)15-31-22-12-11-18(24)13-19(22)17-7-3-2-4-8-17/h5-6,9-13,17H,2-4,7-8,14-15H2,1H3,(H,27,30). The maximum absolute atomic E-state index is 12.3. The zero-order chi connectivity index (χ0) is 21.6. The normalized spacial score (nSPS) is 15.2. The first kappa shape index (κ1) is 21.3. The van der Waals surface area contributed by atoms with Crippen molar-refractivity contribution in [2.24, 2.45) is 5.10 Å². The summed E-state index contributed by atoms with van der Waals surface area (Å²) in [6.07, 6.45) is 5.96. The number of fused-ring (bicyclic) bond motifs is 1. The van der Waals surface area contributed by atoms with E-state index >= 15 is 0 Å². The molecule has 2 aromatic carbocycles. The van der Waals surface area contributed by atoms with E-state index < -0.39 is 0 Å². The maximum Gasteiger partial charge on any atom is 0.277 e. The van der Waals surface area contributed by atoms with Crippen LogP contribution in [0, 0.1) is 0 Å². The van der Waals surface area contributed by atoms with E-state index in [0.29, 0.717) is 23.2 Å². The van der Waals surface area contributed by atoms with E-state index in [2.05, 4.69) is 20.8 Å². The van der Waals surface area contributed by atoms with Crippen LogP contribution in [0.2, 0.25) is 5.02 Å². The maximum atomic E-state index is 12.3. The zero-order valence-corrected chi connectivity index (χ0v) is 18.3. The summed E-state index contributed by atoms with van der Waals surface area (Å²) in [5.41, 5.74) is 6.11. The van der Waals surface area contributed by atoms with Crippen molar-refractivity contribution in [1.82, 2.24) is 20.4 Å². The number of para-hydroxylation sites is 1. The molecule has 0 atom stereocenters. The predicted octanol–water partition coefficient (Wildman–Crippen LogP) is 4.70. The van der Waals surface area contributed by atoms with E-state index in [9.17, 15) is 4.79 Å². The Balaban J connectivity index is 1.34. The Morgan fingerprint density at radius 2 is 2.03 bits per heavy atom. The topological polar surface area (TPSA) is 81.4 Å². The highest BCUT2D eigenvalue weighted by molar-refractivity contribution is 6.30. The van der Waals surface area contributed by atoms with E-state index in [0.717, 1.165) is 35.2 Å². The number of carbonyl (C=O) groups excluding carboxylic acids is 1. The molecule has 1 aliphatic carbocycles. The molecule has 1 heterocycles. The first-order valence-electron chi connectivity index (χ1n) is 10.6. The number of hydrogen-bond donors (Lipinski definition) is 1. The first-order valence-corrected chi connectivity index (χ1v) is 11.0. The smallest absolute Gasteiger partial charge is 0.277 e. The molecule has 31 heavy (non-hydrogen) atoms. The van der Waals surface area contributed by atoms with E-state index in [1.807, 2.05) is 43.3 Å². The number of ether oxygens (including phenoxy) is 1. The summed E-state index contributed by atoms with van der Waals surface area (Å²) in [5.74, 6) is 0.844. The lowest BCUT2D eigenvalue weighted by molar-refractivity contribution is -0.123. The minimum absolute atomic E-state index is 0.107. The van der Waals surface area contributed by atoms with Crippen molar-refractivity contribution >= 4 is 34.3 Å². The van der Waals surface area contributed by atoms with Crippen LogP contribution in [0.15, 0.2) is 47.6 Å². The third kappa shape index (κ3) is 5.41. The van der Waals surface area contributed by atoms with Gasteiger partial charge in [-0.2, -0.15) is 5.10 Å². The highest BCUT2D eigenvalue weighted by Gasteiger charge is 2.20. The molecule has 0 bridgehead atoms. The van der Waals surface area contributed by atoms with Gasteiger partial charge in [-0.15, -0.1) is 5.10 Å². The molecule has 162 valence electrons. The largest absolute Gasteiger partial charge is 0.483 e. The van der Waals surface area contributed by atoms with Crippen molar-refractivity contribution in [2.75, 3.05) is 6.61 Å². The van der Waals surface area contributed by atoms with Crippen LogP contribution in [0.4, 0.5) is 0 Å². The number of rotatable bonds is 7. The van der Waals surface area contributed by atoms with Gasteiger partial charge in [-0.05, 0) is 61.6 Å². The Hall–Kier alpha value is -2.93. The number of carbonyl (C=O) groups is 1. The molecule has 3 aromatic rings. The number of hydrazone groups is 1. The van der Waals surface area contributed by atoms with Gasteiger partial charge in [0.2, 0.25) is 0 Å². The molecule has 0 aliphatic heterocycles. The molecule has 1 aliphatic rings. The van der Waals surface area contributed by atoms with Crippen LogP contribution in [0.1, 0.15) is 50.5 Å². The van der Waals surface area contributed by atoms with Crippen molar-refractivity contribution < 1.29 is 9.53 Å². The van der Waals surface area contributed by atoms with Gasteiger partial charge in [-0.3, -0.25) is 4.79 Å². The molecular formula is C23H26ClN5O2. The molecule has 0 spiro atoms. The fourth-order valence-electron chi connectivity index (χ4n) is 4.00. The van der Waals surface area contributed by atoms with E-state index in [4.69, 9.17) is 16.3 Å². The molecule has 1 aromatic heterocycles. The van der Waals surface area contributed by atoms with Crippen molar-refractivity contribution in [3.05, 3.63) is 53.1 Å². The number of nitrogens with zero attached hydrogens (tertiary/aromatic N) is 4. The molecule has 0 radical (unpaired) electrons. The van der Waals surface area contributed by atoms with Gasteiger partial charge in [0, 0.05) is 5.02 Å². The van der Waals surface area contributed by atoms with E-state index in [1.54, 1.807) is 10.7 Å². The zero-order valence-electron chi connectivity index (χ0n) is 17.6. The van der Waals surface area contributed by atoms with E-state index in [1.165, 1.54) is 19.3 Å². The quantitative estimate of drug-likeness (QED) is 0.427. The first-order chi connectivity index (χ1) is 15.1. The number of hydrogen-bond acceptors (Lipinski definition) is 5. The summed E-state index contributed by atoms with van der Waals surface area (Å²) in [6.45, 7) is 2.16.